The summed E-state index contributed by atoms with van der Waals surface area (Å²) in [6, 6.07) is 3.30. The minimum absolute atomic E-state index is 0.612. The molecule has 1 N–H and O–H groups in total. The summed E-state index contributed by atoms with van der Waals surface area (Å²) in [5, 5.41) is 7.84. The molecule has 2 unspecified atom stereocenters. The molecular weight excluding hydrogens is 212 g/mol. The topological polar surface area (TPSA) is 33.1 Å². The summed E-state index contributed by atoms with van der Waals surface area (Å²) in [5.74, 6) is 0. The standard InChI is InChI=1S/C13H24N4/c1-3-5-13-10-14-12(2)11-16(13)8-9-17-7-4-6-15-17/h4,6-7,12-14H,3,5,8-11H2,1-2H3. The van der Waals surface area contributed by atoms with Crippen molar-refractivity contribution in [3.63, 3.8) is 0 Å². The predicted octanol–water partition coefficient (Wildman–Crippen LogP) is 1.35. The third-order valence-corrected chi connectivity index (χ3v) is 3.52. The SMILES string of the molecule is CCCC1CNC(C)CN1CCn1cccn1. The highest BCUT2D eigenvalue weighted by atomic mass is 15.3. The van der Waals surface area contributed by atoms with E-state index < -0.39 is 0 Å². The molecule has 2 rings (SSSR count). The Balaban J connectivity index is 1.86. The van der Waals surface area contributed by atoms with Crippen molar-refractivity contribution in [2.45, 2.75) is 45.3 Å². The summed E-state index contributed by atoms with van der Waals surface area (Å²) in [6.45, 7) is 8.94. The second-order valence-electron chi connectivity index (χ2n) is 5.02. The van der Waals surface area contributed by atoms with Gasteiger partial charge in [0, 0.05) is 44.1 Å². The Morgan fingerprint density at radius 3 is 3.00 bits per heavy atom. The number of hydrogen-bond donors (Lipinski definition) is 1. The van der Waals surface area contributed by atoms with Crippen molar-refractivity contribution in [1.29, 1.82) is 0 Å². The molecule has 1 aliphatic rings. The highest BCUT2D eigenvalue weighted by molar-refractivity contribution is 4.84. The van der Waals surface area contributed by atoms with E-state index in [9.17, 15) is 0 Å². The lowest BCUT2D eigenvalue weighted by atomic mass is 10.1. The molecule has 0 amide bonds. The Morgan fingerprint density at radius 1 is 1.41 bits per heavy atom. The molecule has 2 heterocycles. The molecule has 1 saturated heterocycles. The molecule has 1 aromatic rings. The smallest absolute Gasteiger partial charge is 0.0536 e. The first-order chi connectivity index (χ1) is 8.29. The molecule has 2 atom stereocenters. The van der Waals surface area contributed by atoms with Gasteiger partial charge in [0.05, 0.1) is 6.54 Å². The average Bonchev–Trinajstić information content (AvgIpc) is 2.82. The predicted molar refractivity (Wildman–Crippen MR) is 70.0 cm³/mol. The number of nitrogens with zero attached hydrogens (tertiary/aromatic N) is 3. The van der Waals surface area contributed by atoms with Crippen molar-refractivity contribution in [2.75, 3.05) is 19.6 Å². The molecule has 0 bridgehead atoms. The van der Waals surface area contributed by atoms with Crippen LogP contribution in [0.25, 0.3) is 0 Å². The summed E-state index contributed by atoms with van der Waals surface area (Å²) in [5.41, 5.74) is 0. The first-order valence-electron chi connectivity index (χ1n) is 6.74. The van der Waals surface area contributed by atoms with Gasteiger partial charge in [0.15, 0.2) is 0 Å². The Morgan fingerprint density at radius 2 is 2.29 bits per heavy atom. The fourth-order valence-corrected chi connectivity index (χ4v) is 2.59. The van der Waals surface area contributed by atoms with Gasteiger partial charge in [0.1, 0.15) is 0 Å². The lowest BCUT2D eigenvalue weighted by Gasteiger charge is -2.39. The lowest BCUT2D eigenvalue weighted by molar-refractivity contribution is 0.122. The van der Waals surface area contributed by atoms with Crippen LogP contribution >= 0.6 is 0 Å². The highest BCUT2D eigenvalue weighted by Gasteiger charge is 2.24. The number of rotatable bonds is 5. The normalized spacial score (nSPS) is 26.2. The minimum atomic E-state index is 0.612. The Bertz CT molecular complexity index is 309. The first kappa shape index (κ1) is 12.6. The molecule has 1 aromatic heterocycles. The van der Waals surface area contributed by atoms with Crippen molar-refractivity contribution in [3.8, 4) is 0 Å². The molecule has 0 radical (unpaired) electrons. The van der Waals surface area contributed by atoms with Crippen LogP contribution in [0, 0.1) is 0 Å². The summed E-state index contributed by atoms with van der Waals surface area (Å²) >= 11 is 0. The zero-order valence-corrected chi connectivity index (χ0v) is 11.0. The Kier molecular flexibility index (Phi) is 4.57. The largest absolute Gasteiger partial charge is 0.311 e. The van der Waals surface area contributed by atoms with Crippen LogP contribution < -0.4 is 5.32 Å². The van der Waals surface area contributed by atoms with Crippen LogP contribution in [0.1, 0.15) is 26.7 Å². The lowest BCUT2D eigenvalue weighted by Crippen LogP contribution is -2.56. The van der Waals surface area contributed by atoms with Gasteiger partial charge in [-0.25, -0.2) is 0 Å². The van der Waals surface area contributed by atoms with Gasteiger partial charge in [-0.3, -0.25) is 9.58 Å². The molecule has 4 heteroatoms. The second kappa shape index (κ2) is 6.17. The maximum Gasteiger partial charge on any atom is 0.0536 e. The Labute approximate surface area is 104 Å². The minimum Gasteiger partial charge on any atom is -0.311 e. The van der Waals surface area contributed by atoms with Gasteiger partial charge in [-0.2, -0.15) is 5.10 Å². The Hall–Kier alpha value is -0.870. The zero-order valence-electron chi connectivity index (χ0n) is 11.0. The fourth-order valence-electron chi connectivity index (χ4n) is 2.59. The molecule has 1 fully saturated rings. The van der Waals surface area contributed by atoms with E-state index in [2.05, 4.69) is 29.2 Å². The van der Waals surface area contributed by atoms with E-state index in [1.165, 1.54) is 12.8 Å². The molecule has 0 saturated carbocycles. The number of aromatic nitrogens is 2. The molecular formula is C13H24N4. The highest BCUT2D eigenvalue weighted by Crippen LogP contribution is 2.12. The van der Waals surface area contributed by atoms with Crippen LogP contribution in [-0.2, 0) is 6.54 Å². The first-order valence-corrected chi connectivity index (χ1v) is 6.74. The third kappa shape index (κ3) is 3.54. The number of piperazine rings is 1. The maximum absolute atomic E-state index is 4.27. The van der Waals surface area contributed by atoms with Gasteiger partial charge in [-0.05, 0) is 19.4 Å². The molecule has 1 aliphatic heterocycles. The molecule has 0 aliphatic carbocycles. The summed E-state index contributed by atoms with van der Waals surface area (Å²) in [4.78, 5) is 2.62. The van der Waals surface area contributed by atoms with E-state index in [1.54, 1.807) is 0 Å². The zero-order chi connectivity index (χ0) is 12.1. The van der Waals surface area contributed by atoms with Gasteiger partial charge in [0.25, 0.3) is 0 Å². The summed E-state index contributed by atoms with van der Waals surface area (Å²) < 4.78 is 2.02. The van der Waals surface area contributed by atoms with Crippen LogP contribution in [0.15, 0.2) is 18.5 Å². The van der Waals surface area contributed by atoms with Gasteiger partial charge in [-0.1, -0.05) is 13.3 Å². The summed E-state index contributed by atoms with van der Waals surface area (Å²) in [7, 11) is 0. The van der Waals surface area contributed by atoms with Crippen molar-refractivity contribution in [2.24, 2.45) is 0 Å². The van der Waals surface area contributed by atoms with E-state index in [-0.39, 0.29) is 0 Å². The van der Waals surface area contributed by atoms with Gasteiger partial charge < -0.3 is 5.32 Å². The maximum atomic E-state index is 4.27. The van der Waals surface area contributed by atoms with Crippen LogP contribution in [0.4, 0.5) is 0 Å². The number of hydrogen-bond acceptors (Lipinski definition) is 3. The quantitative estimate of drug-likeness (QED) is 0.837. The average molecular weight is 236 g/mol. The van der Waals surface area contributed by atoms with Crippen LogP contribution in [0.5, 0.6) is 0 Å². The van der Waals surface area contributed by atoms with Crippen LogP contribution in [0.3, 0.4) is 0 Å². The van der Waals surface area contributed by atoms with Crippen molar-refractivity contribution in [1.82, 2.24) is 20.0 Å². The van der Waals surface area contributed by atoms with E-state index in [0.29, 0.717) is 12.1 Å². The monoisotopic (exact) mass is 236 g/mol. The van der Waals surface area contributed by atoms with E-state index in [1.807, 2.05) is 23.1 Å². The van der Waals surface area contributed by atoms with Gasteiger partial charge >= 0.3 is 0 Å². The molecule has 0 spiro atoms. The van der Waals surface area contributed by atoms with Crippen molar-refractivity contribution in [3.05, 3.63) is 18.5 Å². The second-order valence-corrected chi connectivity index (χ2v) is 5.02. The molecule has 17 heavy (non-hydrogen) atoms. The van der Waals surface area contributed by atoms with E-state index >= 15 is 0 Å². The van der Waals surface area contributed by atoms with Crippen LogP contribution in [-0.4, -0.2) is 46.4 Å². The van der Waals surface area contributed by atoms with E-state index in [4.69, 9.17) is 0 Å². The molecule has 0 aromatic carbocycles. The third-order valence-electron chi connectivity index (χ3n) is 3.52. The van der Waals surface area contributed by atoms with Crippen molar-refractivity contribution >= 4 is 0 Å². The van der Waals surface area contributed by atoms with Gasteiger partial charge in [-0.15, -0.1) is 0 Å². The molecule has 96 valence electrons. The van der Waals surface area contributed by atoms with Gasteiger partial charge in [0.2, 0.25) is 0 Å². The fraction of sp³-hybridized carbons (Fsp3) is 0.769. The van der Waals surface area contributed by atoms with E-state index in [0.717, 1.165) is 26.2 Å². The molecule has 4 nitrogen and oxygen atoms in total. The summed E-state index contributed by atoms with van der Waals surface area (Å²) in [6.07, 6.45) is 6.45. The van der Waals surface area contributed by atoms with Crippen LogP contribution in [0.2, 0.25) is 0 Å². The van der Waals surface area contributed by atoms with Crippen molar-refractivity contribution < 1.29 is 0 Å². The number of nitrogens with one attached hydrogen (secondary N) is 1.